The average Bonchev–Trinajstić information content (AvgIpc) is 2.68. The lowest BCUT2D eigenvalue weighted by Crippen LogP contribution is -2.35. The van der Waals surface area contributed by atoms with Crippen LogP contribution in [0.4, 0.5) is 0 Å². The molecule has 0 bridgehead atoms. The monoisotopic (exact) mass is 289 g/mol. The summed E-state index contributed by atoms with van der Waals surface area (Å²) in [6, 6.07) is 6.62. The van der Waals surface area contributed by atoms with Crippen molar-refractivity contribution in [2.75, 3.05) is 39.3 Å². The first-order valence-corrected chi connectivity index (χ1v) is 8.30. The molecule has 0 aromatic heterocycles. The molecule has 0 aliphatic carbocycles. The van der Waals surface area contributed by atoms with Crippen LogP contribution in [0.1, 0.15) is 30.0 Å². The minimum atomic E-state index is 0.607. The van der Waals surface area contributed by atoms with Crippen molar-refractivity contribution in [2.24, 2.45) is 11.7 Å². The molecule has 1 aromatic carbocycles. The van der Waals surface area contributed by atoms with Gasteiger partial charge in [0.05, 0.1) is 0 Å². The Labute approximate surface area is 130 Å². The molecule has 1 aliphatic rings. The van der Waals surface area contributed by atoms with Crippen LogP contribution in [-0.4, -0.2) is 49.1 Å². The summed E-state index contributed by atoms with van der Waals surface area (Å²) in [5.74, 6) is 0.607. The summed E-state index contributed by atoms with van der Waals surface area (Å²) in [4.78, 5) is 5.20. The SMILES string of the molecule is Cc1cccc(C)c1CN1CCCN(CC(C)CN)CC1. The summed E-state index contributed by atoms with van der Waals surface area (Å²) in [7, 11) is 0. The van der Waals surface area contributed by atoms with E-state index in [1.54, 1.807) is 0 Å². The van der Waals surface area contributed by atoms with Gasteiger partial charge in [-0.15, -0.1) is 0 Å². The fraction of sp³-hybridized carbons (Fsp3) is 0.667. The third-order valence-electron chi connectivity index (χ3n) is 4.68. The number of nitrogens with zero attached hydrogens (tertiary/aromatic N) is 2. The van der Waals surface area contributed by atoms with Crippen LogP contribution in [-0.2, 0) is 6.54 Å². The van der Waals surface area contributed by atoms with Crippen molar-refractivity contribution < 1.29 is 0 Å². The molecular weight excluding hydrogens is 258 g/mol. The molecule has 118 valence electrons. The fourth-order valence-corrected chi connectivity index (χ4v) is 3.20. The third kappa shape index (κ3) is 4.80. The molecule has 3 heteroatoms. The van der Waals surface area contributed by atoms with E-state index in [0.717, 1.165) is 19.6 Å². The Bertz CT molecular complexity index is 424. The third-order valence-corrected chi connectivity index (χ3v) is 4.68. The standard InChI is InChI=1S/C18H31N3/c1-15(12-19)13-20-8-5-9-21(11-10-20)14-18-16(2)6-4-7-17(18)3/h4,6-7,15H,5,8-14,19H2,1-3H3. The molecule has 1 heterocycles. The predicted molar refractivity (Wildman–Crippen MR) is 90.5 cm³/mol. The zero-order valence-electron chi connectivity index (χ0n) is 13.9. The van der Waals surface area contributed by atoms with Crippen LogP contribution in [0.5, 0.6) is 0 Å². The highest BCUT2D eigenvalue weighted by atomic mass is 15.2. The van der Waals surface area contributed by atoms with E-state index in [-0.39, 0.29) is 0 Å². The van der Waals surface area contributed by atoms with Gasteiger partial charge in [0, 0.05) is 26.2 Å². The molecule has 0 amide bonds. The molecule has 1 unspecified atom stereocenters. The van der Waals surface area contributed by atoms with E-state index < -0.39 is 0 Å². The molecule has 1 aromatic rings. The Kier molecular flexibility index (Phi) is 6.22. The van der Waals surface area contributed by atoms with Gasteiger partial charge in [0.15, 0.2) is 0 Å². The van der Waals surface area contributed by atoms with Crippen LogP contribution in [0, 0.1) is 19.8 Å². The largest absolute Gasteiger partial charge is 0.330 e. The van der Waals surface area contributed by atoms with Crippen LogP contribution < -0.4 is 5.73 Å². The van der Waals surface area contributed by atoms with Gasteiger partial charge in [-0.3, -0.25) is 4.90 Å². The second kappa shape index (κ2) is 7.92. The Morgan fingerprint density at radius 2 is 1.67 bits per heavy atom. The van der Waals surface area contributed by atoms with Crippen molar-refractivity contribution in [1.82, 2.24) is 9.80 Å². The lowest BCUT2D eigenvalue weighted by molar-refractivity contribution is 0.231. The molecule has 21 heavy (non-hydrogen) atoms. The van der Waals surface area contributed by atoms with Crippen LogP contribution >= 0.6 is 0 Å². The number of hydrogen-bond acceptors (Lipinski definition) is 3. The van der Waals surface area contributed by atoms with Crippen molar-refractivity contribution in [2.45, 2.75) is 33.7 Å². The van der Waals surface area contributed by atoms with E-state index in [1.165, 1.54) is 49.3 Å². The van der Waals surface area contributed by atoms with Crippen molar-refractivity contribution in [3.05, 3.63) is 34.9 Å². The zero-order chi connectivity index (χ0) is 15.2. The fourth-order valence-electron chi connectivity index (χ4n) is 3.20. The number of aryl methyl sites for hydroxylation is 2. The van der Waals surface area contributed by atoms with Crippen molar-refractivity contribution >= 4 is 0 Å². The van der Waals surface area contributed by atoms with Crippen LogP contribution in [0.15, 0.2) is 18.2 Å². The van der Waals surface area contributed by atoms with E-state index in [9.17, 15) is 0 Å². The minimum absolute atomic E-state index is 0.607. The van der Waals surface area contributed by atoms with Gasteiger partial charge in [-0.05, 0) is 62.5 Å². The highest BCUT2D eigenvalue weighted by Gasteiger charge is 2.17. The quantitative estimate of drug-likeness (QED) is 0.903. The molecule has 0 radical (unpaired) electrons. The molecule has 2 N–H and O–H groups in total. The first-order chi connectivity index (χ1) is 10.1. The molecule has 1 aliphatic heterocycles. The summed E-state index contributed by atoms with van der Waals surface area (Å²) in [6.07, 6.45) is 1.27. The second-order valence-corrected chi connectivity index (χ2v) is 6.64. The van der Waals surface area contributed by atoms with Gasteiger partial charge >= 0.3 is 0 Å². The number of nitrogens with two attached hydrogens (primary N) is 1. The van der Waals surface area contributed by atoms with Gasteiger partial charge in [-0.1, -0.05) is 25.1 Å². The van der Waals surface area contributed by atoms with Gasteiger partial charge in [0.1, 0.15) is 0 Å². The van der Waals surface area contributed by atoms with Crippen molar-refractivity contribution in [1.29, 1.82) is 0 Å². The molecule has 1 saturated heterocycles. The van der Waals surface area contributed by atoms with Gasteiger partial charge in [0.2, 0.25) is 0 Å². The maximum absolute atomic E-state index is 5.75. The molecule has 1 atom stereocenters. The summed E-state index contributed by atoms with van der Waals surface area (Å²) in [5.41, 5.74) is 10.1. The van der Waals surface area contributed by atoms with E-state index in [1.807, 2.05) is 0 Å². The molecule has 2 rings (SSSR count). The Balaban J connectivity index is 1.91. The number of benzene rings is 1. The summed E-state index contributed by atoms with van der Waals surface area (Å²) >= 11 is 0. The van der Waals surface area contributed by atoms with Crippen molar-refractivity contribution in [3.63, 3.8) is 0 Å². The maximum atomic E-state index is 5.75. The highest BCUT2D eigenvalue weighted by molar-refractivity contribution is 5.33. The molecule has 3 nitrogen and oxygen atoms in total. The molecular formula is C18H31N3. The molecule has 0 saturated carbocycles. The second-order valence-electron chi connectivity index (χ2n) is 6.64. The predicted octanol–water partition coefficient (Wildman–Crippen LogP) is 2.41. The Morgan fingerprint density at radius 3 is 2.33 bits per heavy atom. The van der Waals surface area contributed by atoms with Gasteiger partial charge in [-0.2, -0.15) is 0 Å². The lowest BCUT2D eigenvalue weighted by atomic mass is 10.0. The van der Waals surface area contributed by atoms with Gasteiger partial charge in [-0.25, -0.2) is 0 Å². The average molecular weight is 289 g/mol. The Hall–Kier alpha value is -0.900. The van der Waals surface area contributed by atoms with E-state index in [2.05, 4.69) is 48.8 Å². The molecule has 0 spiro atoms. The number of hydrogen-bond donors (Lipinski definition) is 1. The summed E-state index contributed by atoms with van der Waals surface area (Å²) in [6.45, 7) is 14.5. The van der Waals surface area contributed by atoms with E-state index in [4.69, 9.17) is 5.73 Å². The van der Waals surface area contributed by atoms with Crippen LogP contribution in [0.2, 0.25) is 0 Å². The minimum Gasteiger partial charge on any atom is -0.330 e. The van der Waals surface area contributed by atoms with E-state index >= 15 is 0 Å². The first kappa shape index (κ1) is 16.5. The normalized spacial score (nSPS) is 19.4. The van der Waals surface area contributed by atoms with Gasteiger partial charge < -0.3 is 10.6 Å². The Morgan fingerprint density at radius 1 is 1.05 bits per heavy atom. The van der Waals surface area contributed by atoms with Gasteiger partial charge in [0.25, 0.3) is 0 Å². The summed E-state index contributed by atoms with van der Waals surface area (Å²) in [5, 5.41) is 0. The first-order valence-electron chi connectivity index (χ1n) is 8.30. The highest BCUT2D eigenvalue weighted by Crippen LogP contribution is 2.17. The maximum Gasteiger partial charge on any atom is 0.0239 e. The van der Waals surface area contributed by atoms with Crippen LogP contribution in [0.25, 0.3) is 0 Å². The summed E-state index contributed by atoms with van der Waals surface area (Å²) < 4.78 is 0. The number of rotatable bonds is 5. The van der Waals surface area contributed by atoms with Crippen molar-refractivity contribution in [3.8, 4) is 0 Å². The topological polar surface area (TPSA) is 32.5 Å². The lowest BCUT2D eigenvalue weighted by Gasteiger charge is -2.24. The van der Waals surface area contributed by atoms with E-state index in [0.29, 0.717) is 5.92 Å². The molecule has 1 fully saturated rings. The van der Waals surface area contributed by atoms with Crippen LogP contribution in [0.3, 0.4) is 0 Å². The zero-order valence-corrected chi connectivity index (χ0v) is 13.9. The smallest absolute Gasteiger partial charge is 0.0239 e.